The van der Waals surface area contributed by atoms with Crippen LogP contribution in [-0.4, -0.2) is 31.0 Å². The van der Waals surface area contributed by atoms with Crippen molar-refractivity contribution in [3.63, 3.8) is 0 Å². The first kappa shape index (κ1) is 14.7. The fraction of sp³-hybridized carbons (Fsp3) is 0.364. The average molecular weight is 267 g/mol. The van der Waals surface area contributed by atoms with Crippen LogP contribution in [0.1, 0.15) is 6.92 Å². The molecule has 0 aliphatic carbocycles. The Morgan fingerprint density at radius 1 is 1.47 bits per heavy atom. The SMILES string of the molecule is CCNC(=O)CN(C)c1cc(NN)cc([N+](=O)[O-])c1. The number of anilines is 2. The number of nitrogen functional groups attached to an aromatic ring is 1. The number of nitrogens with zero attached hydrogens (tertiary/aromatic N) is 2. The van der Waals surface area contributed by atoms with E-state index in [1.807, 2.05) is 6.92 Å². The molecule has 0 aromatic heterocycles. The first-order valence-corrected chi connectivity index (χ1v) is 5.71. The number of benzene rings is 1. The molecule has 0 aliphatic rings. The molecule has 0 aliphatic heterocycles. The van der Waals surface area contributed by atoms with Gasteiger partial charge in [0.05, 0.1) is 17.2 Å². The zero-order valence-corrected chi connectivity index (χ0v) is 10.8. The molecule has 4 N–H and O–H groups in total. The third-order valence-electron chi connectivity index (χ3n) is 2.48. The molecule has 19 heavy (non-hydrogen) atoms. The lowest BCUT2D eigenvalue weighted by atomic mass is 10.2. The minimum absolute atomic E-state index is 0.0896. The fourth-order valence-corrected chi connectivity index (χ4v) is 1.56. The average Bonchev–Trinajstić information content (AvgIpc) is 2.38. The summed E-state index contributed by atoms with van der Waals surface area (Å²) in [4.78, 5) is 23.4. The van der Waals surface area contributed by atoms with E-state index in [0.29, 0.717) is 17.9 Å². The Bertz CT molecular complexity index is 477. The van der Waals surface area contributed by atoms with Crippen molar-refractivity contribution in [2.45, 2.75) is 6.92 Å². The minimum atomic E-state index is -0.510. The van der Waals surface area contributed by atoms with Crippen molar-refractivity contribution in [3.05, 3.63) is 28.3 Å². The van der Waals surface area contributed by atoms with Crippen LogP contribution in [0.25, 0.3) is 0 Å². The van der Waals surface area contributed by atoms with Crippen LogP contribution >= 0.6 is 0 Å². The van der Waals surface area contributed by atoms with Crippen molar-refractivity contribution in [2.24, 2.45) is 5.84 Å². The number of carbonyl (C=O) groups excluding carboxylic acids is 1. The first-order chi connectivity index (χ1) is 8.97. The molecule has 0 fully saturated rings. The molecule has 0 bridgehead atoms. The molecule has 1 amide bonds. The summed E-state index contributed by atoms with van der Waals surface area (Å²) in [5, 5.41) is 13.5. The maximum absolute atomic E-state index is 11.5. The number of hydrogen-bond acceptors (Lipinski definition) is 6. The molecule has 0 heterocycles. The number of carbonyl (C=O) groups is 1. The van der Waals surface area contributed by atoms with Crippen molar-refractivity contribution in [3.8, 4) is 0 Å². The number of hydrogen-bond donors (Lipinski definition) is 3. The minimum Gasteiger partial charge on any atom is -0.365 e. The van der Waals surface area contributed by atoms with Crippen molar-refractivity contribution < 1.29 is 9.72 Å². The first-order valence-electron chi connectivity index (χ1n) is 5.71. The highest BCUT2D eigenvalue weighted by atomic mass is 16.6. The lowest BCUT2D eigenvalue weighted by molar-refractivity contribution is -0.384. The molecule has 8 nitrogen and oxygen atoms in total. The van der Waals surface area contributed by atoms with E-state index < -0.39 is 4.92 Å². The summed E-state index contributed by atoms with van der Waals surface area (Å²) < 4.78 is 0. The van der Waals surface area contributed by atoms with Gasteiger partial charge in [-0.3, -0.25) is 20.8 Å². The lowest BCUT2D eigenvalue weighted by Crippen LogP contribution is -2.35. The van der Waals surface area contributed by atoms with E-state index in [2.05, 4.69) is 10.7 Å². The number of nitrogens with one attached hydrogen (secondary N) is 2. The highest BCUT2D eigenvalue weighted by Crippen LogP contribution is 2.25. The maximum Gasteiger partial charge on any atom is 0.273 e. The van der Waals surface area contributed by atoms with Gasteiger partial charge in [0.2, 0.25) is 5.91 Å². The number of amides is 1. The molecule has 104 valence electrons. The Morgan fingerprint density at radius 2 is 2.16 bits per heavy atom. The van der Waals surface area contributed by atoms with Crippen LogP contribution < -0.4 is 21.5 Å². The quantitative estimate of drug-likeness (QED) is 0.392. The molecule has 0 saturated heterocycles. The van der Waals surface area contributed by atoms with Gasteiger partial charge in [0.1, 0.15) is 0 Å². The highest BCUT2D eigenvalue weighted by Gasteiger charge is 2.13. The summed E-state index contributed by atoms with van der Waals surface area (Å²) in [7, 11) is 1.68. The number of nitro groups is 1. The predicted molar refractivity (Wildman–Crippen MR) is 72.9 cm³/mol. The van der Waals surface area contributed by atoms with Crippen LogP contribution in [0.15, 0.2) is 18.2 Å². The second kappa shape index (κ2) is 6.55. The second-order valence-corrected chi connectivity index (χ2v) is 3.95. The van der Waals surface area contributed by atoms with Crippen LogP contribution in [0.3, 0.4) is 0 Å². The molecule has 1 aromatic rings. The third-order valence-corrected chi connectivity index (χ3v) is 2.48. The van der Waals surface area contributed by atoms with Crippen LogP contribution in [0.4, 0.5) is 17.1 Å². The van der Waals surface area contributed by atoms with Gasteiger partial charge in [-0.15, -0.1) is 0 Å². The van der Waals surface area contributed by atoms with Gasteiger partial charge in [-0.25, -0.2) is 0 Å². The number of nitrogens with two attached hydrogens (primary N) is 1. The van der Waals surface area contributed by atoms with E-state index in [-0.39, 0.29) is 18.1 Å². The Morgan fingerprint density at radius 3 is 2.68 bits per heavy atom. The number of likely N-dealkylation sites (N-methyl/N-ethyl adjacent to an activating group) is 2. The molecule has 0 unspecified atom stereocenters. The number of non-ortho nitro benzene ring substituents is 1. The normalized spacial score (nSPS) is 9.84. The number of nitro benzene ring substituents is 1. The monoisotopic (exact) mass is 267 g/mol. The van der Waals surface area contributed by atoms with Crippen molar-refractivity contribution in [1.82, 2.24) is 5.32 Å². The molecule has 1 rings (SSSR count). The van der Waals surface area contributed by atoms with E-state index in [9.17, 15) is 14.9 Å². The predicted octanol–water partition coefficient (Wildman–Crippen LogP) is 0.453. The third kappa shape index (κ3) is 4.11. The van der Waals surface area contributed by atoms with Crippen LogP contribution in [0, 0.1) is 10.1 Å². The van der Waals surface area contributed by atoms with Gasteiger partial charge < -0.3 is 15.6 Å². The van der Waals surface area contributed by atoms with Gasteiger partial charge >= 0.3 is 0 Å². The molecule has 0 radical (unpaired) electrons. The summed E-state index contributed by atoms with van der Waals surface area (Å²) in [5.74, 6) is 5.11. The summed E-state index contributed by atoms with van der Waals surface area (Å²) in [6.07, 6.45) is 0. The lowest BCUT2D eigenvalue weighted by Gasteiger charge is -2.19. The van der Waals surface area contributed by atoms with Crippen LogP contribution in [0.2, 0.25) is 0 Å². The van der Waals surface area contributed by atoms with Crippen molar-refractivity contribution in [1.29, 1.82) is 0 Å². The zero-order chi connectivity index (χ0) is 14.4. The largest absolute Gasteiger partial charge is 0.365 e. The van der Waals surface area contributed by atoms with E-state index >= 15 is 0 Å². The summed E-state index contributed by atoms with van der Waals surface area (Å²) in [6, 6.07) is 4.34. The van der Waals surface area contributed by atoms with Crippen molar-refractivity contribution >= 4 is 23.0 Å². The van der Waals surface area contributed by atoms with E-state index in [4.69, 9.17) is 5.84 Å². The van der Waals surface area contributed by atoms with Crippen LogP contribution in [-0.2, 0) is 4.79 Å². The topological polar surface area (TPSA) is 114 Å². The van der Waals surface area contributed by atoms with E-state index in [1.165, 1.54) is 12.1 Å². The van der Waals surface area contributed by atoms with Gasteiger partial charge in [0, 0.05) is 31.4 Å². The summed E-state index contributed by atoms with van der Waals surface area (Å²) in [5.41, 5.74) is 3.22. The molecular weight excluding hydrogens is 250 g/mol. The van der Waals surface area contributed by atoms with Gasteiger partial charge in [0.15, 0.2) is 0 Å². The Balaban J connectivity index is 2.95. The zero-order valence-electron chi connectivity index (χ0n) is 10.8. The molecule has 0 spiro atoms. The van der Waals surface area contributed by atoms with E-state index in [1.54, 1.807) is 18.0 Å². The number of rotatable bonds is 6. The summed E-state index contributed by atoms with van der Waals surface area (Å²) in [6.45, 7) is 2.47. The number of hydrazine groups is 1. The molecule has 0 saturated carbocycles. The maximum atomic E-state index is 11.5. The molecule has 1 aromatic carbocycles. The molecule has 8 heteroatoms. The van der Waals surface area contributed by atoms with Crippen molar-refractivity contribution in [2.75, 3.05) is 30.5 Å². The van der Waals surface area contributed by atoms with Gasteiger partial charge in [-0.2, -0.15) is 0 Å². The van der Waals surface area contributed by atoms with E-state index in [0.717, 1.165) is 0 Å². The Hall–Kier alpha value is -2.35. The smallest absolute Gasteiger partial charge is 0.273 e. The van der Waals surface area contributed by atoms with Gasteiger partial charge in [0.25, 0.3) is 5.69 Å². The van der Waals surface area contributed by atoms with Crippen LogP contribution in [0.5, 0.6) is 0 Å². The second-order valence-electron chi connectivity index (χ2n) is 3.95. The highest BCUT2D eigenvalue weighted by molar-refractivity contribution is 5.81. The van der Waals surface area contributed by atoms with Gasteiger partial charge in [-0.05, 0) is 13.0 Å². The molecule has 0 atom stereocenters. The summed E-state index contributed by atoms with van der Waals surface area (Å²) >= 11 is 0. The van der Waals surface area contributed by atoms with Gasteiger partial charge in [-0.1, -0.05) is 0 Å². The molecular formula is C11H17N5O3. The Labute approximate surface area is 110 Å². The Kier molecular flexibility index (Phi) is 5.07. The fourth-order valence-electron chi connectivity index (χ4n) is 1.56. The standard InChI is InChI=1S/C11H17N5O3/c1-3-13-11(17)7-15(2)9-4-8(14-12)5-10(6-9)16(18)19/h4-6,14H,3,7,12H2,1-2H3,(H,13,17).